The molecule has 1 atom stereocenters. The summed E-state index contributed by atoms with van der Waals surface area (Å²) in [5.74, 6) is 0. The molecule has 0 aliphatic heterocycles. The van der Waals surface area contributed by atoms with E-state index >= 15 is 0 Å². The SMILES string of the molecule is CCCCCCCCCCCCC(CC=CC=O)OC. The average Bonchev–Trinajstić information content (AvgIpc) is 2.47. The number of carbonyl (C=O) groups excluding carboxylic acids is 1. The van der Waals surface area contributed by atoms with E-state index in [2.05, 4.69) is 6.92 Å². The van der Waals surface area contributed by atoms with Gasteiger partial charge in [-0.1, -0.05) is 77.2 Å². The van der Waals surface area contributed by atoms with Gasteiger partial charge in [0.1, 0.15) is 6.29 Å². The number of aldehydes is 1. The van der Waals surface area contributed by atoms with E-state index in [-0.39, 0.29) is 6.10 Å². The lowest BCUT2D eigenvalue weighted by Crippen LogP contribution is -2.08. The molecular weight excluding hydrogens is 248 g/mol. The molecule has 0 aliphatic rings. The van der Waals surface area contributed by atoms with Crippen molar-refractivity contribution in [1.29, 1.82) is 0 Å². The summed E-state index contributed by atoms with van der Waals surface area (Å²) in [7, 11) is 1.76. The van der Waals surface area contributed by atoms with Gasteiger partial charge in [-0.25, -0.2) is 0 Å². The first-order valence-corrected chi connectivity index (χ1v) is 8.48. The van der Waals surface area contributed by atoms with Crippen LogP contribution in [0, 0.1) is 0 Å². The topological polar surface area (TPSA) is 26.3 Å². The van der Waals surface area contributed by atoms with Gasteiger partial charge in [0.25, 0.3) is 0 Å². The Kier molecular flexibility index (Phi) is 15.9. The maximum Gasteiger partial charge on any atom is 0.142 e. The lowest BCUT2D eigenvalue weighted by atomic mass is 10.0. The highest BCUT2D eigenvalue weighted by atomic mass is 16.5. The summed E-state index contributed by atoms with van der Waals surface area (Å²) in [6.07, 6.45) is 20.2. The molecule has 0 aliphatic carbocycles. The van der Waals surface area contributed by atoms with E-state index < -0.39 is 0 Å². The van der Waals surface area contributed by atoms with Crippen LogP contribution in [0.2, 0.25) is 0 Å². The summed E-state index contributed by atoms with van der Waals surface area (Å²) in [5.41, 5.74) is 0. The van der Waals surface area contributed by atoms with Crippen molar-refractivity contribution in [2.45, 2.75) is 90.1 Å². The van der Waals surface area contributed by atoms with Crippen molar-refractivity contribution in [1.82, 2.24) is 0 Å². The molecule has 20 heavy (non-hydrogen) atoms. The second-order valence-electron chi connectivity index (χ2n) is 5.63. The Balaban J connectivity index is 3.28. The molecule has 0 saturated carbocycles. The number of hydrogen-bond acceptors (Lipinski definition) is 2. The van der Waals surface area contributed by atoms with Gasteiger partial charge in [-0.15, -0.1) is 0 Å². The Bertz CT molecular complexity index is 223. The number of unbranched alkanes of at least 4 members (excludes halogenated alkanes) is 9. The third-order valence-corrected chi connectivity index (χ3v) is 3.83. The van der Waals surface area contributed by atoms with E-state index in [0.717, 1.165) is 19.1 Å². The Morgan fingerprint density at radius 1 is 0.900 bits per heavy atom. The molecule has 0 rings (SSSR count). The minimum absolute atomic E-state index is 0.278. The molecule has 2 nitrogen and oxygen atoms in total. The quantitative estimate of drug-likeness (QED) is 0.226. The molecule has 118 valence electrons. The van der Waals surface area contributed by atoms with Crippen molar-refractivity contribution in [3.63, 3.8) is 0 Å². The number of hydrogen-bond donors (Lipinski definition) is 0. The maximum absolute atomic E-state index is 10.2. The zero-order valence-electron chi connectivity index (χ0n) is 13.6. The Hall–Kier alpha value is -0.630. The van der Waals surface area contributed by atoms with Gasteiger partial charge in [0, 0.05) is 7.11 Å². The van der Waals surface area contributed by atoms with Crippen LogP contribution >= 0.6 is 0 Å². The molecular formula is C18H34O2. The van der Waals surface area contributed by atoms with Crippen LogP contribution in [0.1, 0.15) is 84.0 Å². The third-order valence-electron chi connectivity index (χ3n) is 3.83. The molecule has 0 spiro atoms. The molecule has 0 aromatic rings. The van der Waals surface area contributed by atoms with Crippen LogP contribution in [-0.2, 0) is 9.53 Å². The van der Waals surface area contributed by atoms with Crippen LogP contribution in [-0.4, -0.2) is 19.5 Å². The van der Waals surface area contributed by atoms with Crippen LogP contribution < -0.4 is 0 Å². The number of methoxy groups -OCH3 is 1. The van der Waals surface area contributed by atoms with Gasteiger partial charge in [-0.05, 0) is 18.9 Å². The van der Waals surface area contributed by atoms with Crippen molar-refractivity contribution < 1.29 is 9.53 Å². The fourth-order valence-corrected chi connectivity index (χ4v) is 2.48. The summed E-state index contributed by atoms with van der Waals surface area (Å²) in [6.45, 7) is 2.27. The molecule has 0 aromatic heterocycles. The molecule has 0 bridgehead atoms. The van der Waals surface area contributed by atoms with Crippen LogP contribution in [0.3, 0.4) is 0 Å². The van der Waals surface area contributed by atoms with Crippen LogP contribution in [0.25, 0.3) is 0 Å². The number of rotatable bonds is 15. The number of ether oxygens (including phenoxy) is 1. The summed E-state index contributed by atoms with van der Waals surface area (Å²) < 4.78 is 5.41. The molecule has 0 heterocycles. The standard InChI is InChI=1S/C18H34O2/c1-3-4-5-6-7-8-9-10-11-12-15-18(20-2)16-13-14-17-19/h13-14,17-18H,3-12,15-16H2,1-2H3. The van der Waals surface area contributed by atoms with Crippen molar-refractivity contribution in [2.75, 3.05) is 7.11 Å². The van der Waals surface area contributed by atoms with Gasteiger partial charge >= 0.3 is 0 Å². The predicted octanol–water partition coefficient (Wildman–Crippen LogP) is 5.46. The predicted molar refractivity (Wildman–Crippen MR) is 87.1 cm³/mol. The second kappa shape index (κ2) is 16.4. The summed E-state index contributed by atoms with van der Waals surface area (Å²) >= 11 is 0. The zero-order chi connectivity index (χ0) is 14.9. The first kappa shape index (κ1) is 19.4. The monoisotopic (exact) mass is 282 g/mol. The van der Waals surface area contributed by atoms with Gasteiger partial charge in [0.15, 0.2) is 0 Å². The number of allylic oxidation sites excluding steroid dienone is 1. The molecule has 0 fully saturated rings. The van der Waals surface area contributed by atoms with Gasteiger partial charge in [0.05, 0.1) is 6.10 Å². The van der Waals surface area contributed by atoms with Gasteiger partial charge in [-0.2, -0.15) is 0 Å². The Labute approximate surface area is 126 Å². The molecule has 0 saturated heterocycles. The van der Waals surface area contributed by atoms with Crippen LogP contribution in [0.15, 0.2) is 12.2 Å². The van der Waals surface area contributed by atoms with Gasteiger partial charge < -0.3 is 4.74 Å². The first-order valence-electron chi connectivity index (χ1n) is 8.48. The summed E-state index contributed by atoms with van der Waals surface area (Å²) in [5, 5.41) is 0. The highest BCUT2D eigenvalue weighted by Gasteiger charge is 2.04. The molecule has 0 aromatic carbocycles. The van der Waals surface area contributed by atoms with E-state index in [0.29, 0.717) is 0 Å². The Morgan fingerprint density at radius 3 is 1.95 bits per heavy atom. The van der Waals surface area contributed by atoms with Crippen molar-refractivity contribution in [2.24, 2.45) is 0 Å². The first-order chi connectivity index (χ1) is 9.85. The molecule has 2 heteroatoms. The zero-order valence-corrected chi connectivity index (χ0v) is 13.6. The van der Waals surface area contributed by atoms with E-state index in [9.17, 15) is 4.79 Å². The maximum atomic E-state index is 10.2. The second-order valence-corrected chi connectivity index (χ2v) is 5.63. The fraction of sp³-hybridized carbons (Fsp3) is 0.833. The van der Waals surface area contributed by atoms with Crippen molar-refractivity contribution >= 4 is 6.29 Å². The minimum atomic E-state index is 0.278. The molecule has 0 radical (unpaired) electrons. The molecule has 0 N–H and O–H groups in total. The Morgan fingerprint density at radius 2 is 1.45 bits per heavy atom. The van der Waals surface area contributed by atoms with Crippen LogP contribution in [0.5, 0.6) is 0 Å². The third kappa shape index (κ3) is 13.8. The molecule has 0 amide bonds. The summed E-state index contributed by atoms with van der Waals surface area (Å²) in [6, 6.07) is 0. The van der Waals surface area contributed by atoms with E-state index in [1.165, 1.54) is 64.2 Å². The highest BCUT2D eigenvalue weighted by molar-refractivity contribution is 5.64. The lowest BCUT2D eigenvalue weighted by molar-refractivity contribution is -0.104. The van der Waals surface area contributed by atoms with Crippen LogP contribution in [0.4, 0.5) is 0 Å². The largest absolute Gasteiger partial charge is 0.381 e. The fourth-order valence-electron chi connectivity index (χ4n) is 2.48. The van der Waals surface area contributed by atoms with E-state index in [1.807, 2.05) is 6.08 Å². The smallest absolute Gasteiger partial charge is 0.142 e. The average molecular weight is 282 g/mol. The lowest BCUT2D eigenvalue weighted by Gasteiger charge is -2.12. The summed E-state index contributed by atoms with van der Waals surface area (Å²) in [4.78, 5) is 10.2. The van der Waals surface area contributed by atoms with E-state index in [1.54, 1.807) is 13.2 Å². The normalized spacial score (nSPS) is 12.9. The van der Waals surface area contributed by atoms with Crippen molar-refractivity contribution in [3.8, 4) is 0 Å². The van der Waals surface area contributed by atoms with Gasteiger partial charge in [0.2, 0.25) is 0 Å². The highest BCUT2D eigenvalue weighted by Crippen LogP contribution is 2.14. The minimum Gasteiger partial charge on any atom is -0.381 e. The van der Waals surface area contributed by atoms with Gasteiger partial charge in [-0.3, -0.25) is 4.79 Å². The van der Waals surface area contributed by atoms with E-state index in [4.69, 9.17) is 4.74 Å². The van der Waals surface area contributed by atoms with Crippen molar-refractivity contribution in [3.05, 3.63) is 12.2 Å². The molecule has 1 unspecified atom stereocenters. The number of carbonyl (C=O) groups is 1.